The molecule has 0 bridgehead atoms. The number of carbonyl (C=O) groups is 4. The molecule has 230 valence electrons. The Kier molecular flexibility index (Phi) is 9.73. The first-order valence-corrected chi connectivity index (χ1v) is 13.9. The van der Waals surface area contributed by atoms with E-state index in [9.17, 15) is 19.2 Å². The summed E-state index contributed by atoms with van der Waals surface area (Å²) in [5.41, 5.74) is 1.68. The number of carbonyl (C=O) groups excluding carboxylic acids is 4. The number of esters is 3. The molecule has 1 aliphatic heterocycles. The van der Waals surface area contributed by atoms with E-state index in [0.717, 1.165) is 0 Å². The van der Waals surface area contributed by atoms with Crippen LogP contribution in [-0.2, 0) is 35.1 Å². The van der Waals surface area contributed by atoms with E-state index in [0.29, 0.717) is 39.4 Å². The van der Waals surface area contributed by atoms with E-state index in [1.165, 1.54) is 34.1 Å². The summed E-state index contributed by atoms with van der Waals surface area (Å²) in [6.45, 7) is 6.08. The van der Waals surface area contributed by atoms with Crippen LogP contribution in [0, 0.1) is 0 Å². The summed E-state index contributed by atoms with van der Waals surface area (Å²) in [7, 11) is 2.78. The lowest BCUT2D eigenvalue weighted by Gasteiger charge is -2.43. The zero-order chi connectivity index (χ0) is 32.0. The van der Waals surface area contributed by atoms with Crippen LogP contribution < -0.4 is 14.4 Å². The summed E-state index contributed by atoms with van der Waals surface area (Å²) < 4.78 is 28.2. The van der Waals surface area contributed by atoms with E-state index in [2.05, 4.69) is 0 Å². The van der Waals surface area contributed by atoms with Crippen LogP contribution in [0.2, 0.25) is 0 Å². The van der Waals surface area contributed by atoms with Crippen LogP contribution in [0.4, 0.5) is 5.69 Å². The molecule has 0 aromatic heterocycles. The fourth-order valence-corrected chi connectivity index (χ4v) is 5.05. The Morgan fingerprint density at radius 3 is 2.25 bits per heavy atom. The lowest BCUT2D eigenvalue weighted by molar-refractivity contribution is -0.188. The van der Waals surface area contributed by atoms with Crippen molar-refractivity contribution in [1.82, 2.24) is 0 Å². The summed E-state index contributed by atoms with van der Waals surface area (Å²) >= 11 is 0. The van der Waals surface area contributed by atoms with E-state index in [1.807, 2.05) is 6.07 Å². The second-order valence-electron chi connectivity index (χ2n) is 10.7. The first-order valence-electron chi connectivity index (χ1n) is 13.9. The van der Waals surface area contributed by atoms with Crippen LogP contribution in [0.15, 0.2) is 72.8 Å². The molecule has 1 amide bonds. The van der Waals surface area contributed by atoms with Gasteiger partial charge in [-0.1, -0.05) is 42.5 Å². The van der Waals surface area contributed by atoms with Gasteiger partial charge >= 0.3 is 17.9 Å². The molecular weight excluding hydrogens is 566 g/mol. The van der Waals surface area contributed by atoms with Gasteiger partial charge in [-0.2, -0.15) is 0 Å². The van der Waals surface area contributed by atoms with Crippen LogP contribution >= 0.6 is 0 Å². The van der Waals surface area contributed by atoms with E-state index in [-0.39, 0.29) is 12.5 Å². The van der Waals surface area contributed by atoms with Crippen LogP contribution in [0.25, 0.3) is 6.08 Å². The van der Waals surface area contributed by atoms with Crippen molar-refractivity contribution in [3.63, 3.8) is 0 Å². The summed E-state index contributed by atoms with van der Waals surface area (Å²) in [5, 5.41) is 0. The molecule has 0 N–H and O–H groups in total. The van der Waals surface area contributed by atoms with Crippen molar-refractivity contribution in [1.29, 1.82) is 0 Å². The van der Waals surface area contributed by atoms with Gasteiger partial charge in [-0.05, 0) is 49.8 Å². The van der Waals surface area contributed by atoms with E-state index >= 15 is 0 Å². The largest absolute Gasteiger partial charge is 0.492 e. The highest BCUT2D eigenvalue weighted by Gasteiger charge is 2.49. The topological polar surface area (TPSA) is 118 Å². The first kappa shape index (κ1) is 31.8. The first-order chi connectivity index (χ1) is 20.9. The number of anilines is 1. The Morgan fingerprint density at radius 1 is 0.909 bits per heavy atom. The molecule has 10 nitrogen and oxygen atoms in total. The molecule has 2 atom stereocenters. The zero-order valence-electron chi connectivity index (χ0n) is 25.5. The maximum Gasteiger partial charge on any atom is 0.330 e. The summed E-state index contributed by atoms with van der Waals surface area (Å²) in [6.07, 6.45) is 1.02. The van der Waals surface area contributed by atoms with Crippen LogP contribution in [0.3, 0.4) is 0 Å². The Balaban J connectivity index is 1.82. The van der Waals surface area contributed by atoms with E-state index in [1.54, 1.807) is 85.5 Å². The summed E-state index contributed by atoms with van der Waals surface area (Å²) in [6, 6.07) is 19.5. The molecule has 0 fully saturated rings. The number of rotatable bonds is 9. The highest BCUT2D eigenvalue weighted by molar-refractivity contribution is 6.06. The zero-order valence-corrected chi connectivity index (χ0v) is 25.5. The monoisotopic (exact) mass is 601 g/mol. The van der Waals surface area contributed by atoms with Gasteiger partial charge in [0.1, 0.15) is 5.60 Å². The number of hydrogen-bond acceptors (Lipinski definition) is 9. The molecule has 0 spiro atoms. The molecular formula is C34H35NO9. The van der Waals surface area contributed by atoms with Crippen molar-refractivity contribution < 1.29 is 42.9 Å². The van der Waals surface area contributed by atoms with E-state index in [4.69, 9.17) is 23.7 Å². The van der Waals surface area contributed by atoms with Crippen molar-refractivity contribution in [2.75, 3.05) is 19.1 Å². The molecule has 0 aliphatic carbocycles. The van der Waals surface area contributed by atoms with Gasteiger partial charge < -0.3 is 28.6 Å². The van der Waals surface area contributed by atoms with Gasteiger partial charge in [-0.25, -0.2) is 4.79 Å². The molecule has 0 saturated carbocycles. The standard InChI is InChI=1S/C34H35NO9/c1-21(36)42-31-27-17-16-25(29(41-6)30(27)44-34(3,4)32(31)43-22(2)37)20-35(33(39)24-12-8-7-9-13-24)26-14-10-11-23(19-26)15-18-28(38)40-5/h7-19,31-32H,20H2,1-6H3/b18-15+/t31-,32-/m0/s1. The lowest BCUT2D eigenvalue weighted by atomic mass is 9.87. The number of hydrogen-bond donors (Lipinski definition) is 0. The highest BCUT2D eigenvalue weighted by Crippen LogP contribution is 2.49. The van der Waals surface area contributed by atoms with Gasteiger partial charge in [0.25, 0.3) is 5.91 Å². The molecule has 4 rings (SSSR count). The summed E-state index contributed by atoms with van der Waals surface area (Å²) in [5.74, 6) is -1.23. The maximum absolute atomic E-state index is 13.9. The molecule has 1 heterocycles. The molecule has 3 aromatic rings. The minimum atomic E-state index is -1.11. The number of benzene rings is 3. The van der Waals surface area contributed by atoms with Gasteiger partial charge in [0.15, 0.2) is 23.7 Å². The fourth-order valence-electron chi connectivity index (χ4n) is 5.05. The van der Waals surface area contributed by atoms with Crippen LogP contribution in [0.5, 0.6) is 11.5 Å². The van der Waals surface area contributed by atoms with Gasteiger partial charge in [0.05, 0.1) is 20.8 Å². The number of methoxy groups -OCH3 is 2. The van der Waals surface area contributed by atoms with Gasteiger partial charge in [-0.3, -0.25) is 14.4 Å². The maximum atomic E-state index is 13.9. The van der Waals surface area contributed by atoms with Gasteiger partial charge in [0.2, 0.25) is 0 Å². The molecule has 0 radical (unpaired) electrons. The van der Waals surface area contributed by atoms with Gasteiger partial charge in [-0.15, -0.1) is 0 Å². The second kappa shape index (κ2) is 13.5. The minimum absolute atomic E-state index is 0.0732. The lowest BCUT2D eigenvalue weighted by Crippen LogP contribution is -2.52. The van der Waals surface area contributed by atoms with Crippen LogP contribution in [-0.4, -0.2) is 49.7 Å². The summed E-state index contributed by atoms with van der Waals surface area (Å²) in [4.78, 5) is 51.3. The van der Waals surface area contributed by atoms with Crippen molar-refractivity contribution in [2.45, 2.75) is 52.0 Å². The Hall–Kier alpha value is -5.12. The molecule has 3 aromatic carbocycles. The number of fused-ring (bicyclic) bond motifs is 1. The highest BCUT2D eigenvalue weighted by atomic mass is 16.6. The predicted molar refractivity (Wildman–Crippen MR) is 162 cm³/mol. The number of nitrogens with zero attached hydrogens (tertiary/aromatic N) is 1. The minimum Gasteiger partial charge on any atom is -0.492 e. The molecule has 0 saturated heterocycles. The Bertz CT molecular complexity index is 1580. The predicted octanol–water partition coefficient (Wildman–Crippen LogP) is 5.44. The van der Waals surface area contributed by atoms with Crippen molar-refractivity contribution in [2.24, 2.45) is 0 Å². The second-order valence-corrected chi connectivity index (χ2v) is 10.7. The molecule has 1 aliphatic rings. The average molecular weight is 602 g/mol. The van der Waals surface area contributed by atoms with Crippen LogP contribution in [0.1, 0.15) is 60.8 Å². The molecule has 10 heteroatoms. The van der Waals surface area contributed by atoms with E-state index < -0.39 is 35.7 Å². The Morgan fingerprint density at radius 2 is 1.61 bits per heavy atom. The Labute approximate surface area is 256 Å². The number of amides is 1. The molecule has 44 heavy (non-hydrogen) atoms. The number of ether oxygens (including phenoxy) is 5. The van der Waals surface area contributed by atoms with Crippen molar-refractivity contribution in [3.05, 3.63) is 95.1 Å². The third-order valence-corrected chi connectivity index (χ3v) is 7.04. The average Bonchev–Trinajstić information content (AvgIpc) is 2.99. The van der Waals surface area contributed by atoms with Crippen molar-refractivity contribution >= 4 is 35.6 Å². The molecule has 0 unspecified atom stereocenters. The third-order valence-electron chi connectivity index (χ3n) is 7.04. The normalized spacial score (nSPS) is 16.7. The fraction of sp³-hybridized carbons (Fsp3) is 0.294. The van der Waals surface area contributed by atoms with Crippen molar-refractivity contribution in [3.8, 4) is 11.5 Å². The smallest absolute Gasteiger partial charge is 0.330 e. The van der Waals surface area contributed by atoms with Gasteiger partial charge in [0, 0.05) is 42.3 Å². The third kappa shape index (κ3) is 7.08. The quantitative estimate of drug-likeness (QED) is 0.180. The SMILES string of the molecule is COC(=O)/C=C/c1cccc(N(Cc2ccc3c(c2OC)OC(C)(C)[C@@H](OC(C)=O)[C@H]3OC(C)=O)C(=O)c2ccccc2)c1.